The summed E-state index contributed by atoms with van der Waals surface area (Å²) in [5, 5.41) is 0. The summed E-state index contributed by atoms with van der Waals surface area (Å²) < 4.78 is 42.7. The van der Waals surface area contributed by atoms with Crippen molar-refractivity contribution in [3.05, 3.63) is 0 Å². The highest BCUT2D eigenvalue weighted by atomic mass is 19.4. The van der Waals surface area contributed by atoms with E-state index in [2.05, 4.69) is 0 Å². The molecule has 0 spiro atoms. The highest BCUT2D eigenvalue weighted by molar-refractivity contribution is 4.90. The molecule has 1 fully saturated rings. The lowest BCUT2D eigenvalue weighted by Gasteiger charge is -2.39. The van der Waals surface area contributed by atoms with Gasteiger partial charge in [0.05, 0.1) is 11.5 Å². The van der Waals surface area contributed by atoms with E-state index in [0.29, 0.717) is 26.0 Å². The van der Waals surface area contributed by atoms with E-state index in [9.17, 15) is 13.2 Å². The summed E-state index contributed by atoms with van der Waals surface area (Å²) in [6.45, 7) is 2.66. The van der Waals surface area contributed by atoms with Gasteiger partial charge in [-0.15, -0.1) is 0 Å². The van der Waals surface area contributed by atoms with E-state index < -0.39 is 17.7 Å². The zero-order chi connectivity index (χ0) is 11.5. The van der Waals surface area contributed by atoms with E-state index in [4.69, 9.17) is 10.5 Å². The van der Waals surface area contributed by atoms with Crippen molar-refractivity contribution >= 4 is 0 Å². The fraction of sp³-hybridized carbons (Fsp3) is 1.00. The summed E-state index contributed by atoms with van der Waals surface area (Å²) in [5.41, 5.74) is 5.07. The van der Waals surface area contributed by atoms with Gasteiger partial charge in [0, 0.05) is 13.2 Å². The first-order valence-corrected chi connectivity index (χ1v) is 5.34. The third kappa shape index (κ3) is 3.08. The molecule has 2 N–H and O–H groups in total. The lowest BCUT2D eigenvalue weighted by molar-refractivity contribution is -0.195. The summed E-state index contributed by atoms with van der Waals surface area (Å²) in [6.07, 6.45) is -2.95. The Hall–Kier alpha value is -0.290. The smallest absolute Gasteiger partial charge is 0.374 e. The first kappa shape index (κ1) is 12.8. The van der Waals surface area contributed by atoms with Crippen molar-refractivity contribution in [3.63, 3.8) is 0 Å². The van der Waals surface area contributed by atoms with Gasteiger partial charge in [-0.3, -0.25) is 0 Å². The molecule has 15 heavy (non-hydrogen) atoms. The number of ether oxygens (including phenoxy) is 1. The zero-order valence-electron chi connectivity index (χ0n) is 8.94. The molecule has 0 unspecified atom stereocenters. The predicted molar refractivity (Wildman–Crippen MR) is 51.4 cm³/mol. The van der Waals surface area contributed by atoms with Gasteiger partial charge < -0.3 is 10.5 Å². The minimum absolute atomic E-state index is 0.140. The van der Waals surface area contributed by atoms with E-state index in [0.717, 1.165) is 0 Å². The topological polar surface area (TPSA) is 35.2 Å². The number of halogens is 3. The van der Waals surface area contributed by atoms with Gasteiger partial charge in [0.1, 0.15) is 0 Å². The van der Waals surface area contributed by atoms with Gasteiger partial charge in [-0.05, 0) is 32.6 Å². The van der Waals surface area contributed by atoms with Gasteiger partial charge >= 0.3 is 6.18 Å². The normalized spacial score (nSPS) is 33.0. The molecular formula is C10H18F3NO. The Kier molecular flexibility index (Phi) is 4.00. The third-order valence-electron chi connectivity index (χ3n) is 3.18. The van der Waals surface area contributed by atoms with E-state index >= 15 is 0 Å². The Morgan fingerprint density at radius 3 is 2.20 bits per heavy atom. The largest absolute Gasteiger partial charge is 0.391 e. The predicted octanol–water partition coefficient (Wildman–Crippen LogP) is 2.47. The van der Waals surface area contributed by atoms with Crippen LogP contribution in [0.25, 0.3) is 0 Å². The van der Waals surface area contributed by atoms with E-state index in [-0.39, 0.29) is 12.8 Å². The molecule has 1 aliphatic rings. The lowest BCUT2D eigenvalue weighted by Crippen LogP contribution is -2.45. The molecule has 0 heterocycles. The first-order valence-electron chi connectivity index (χ1n) is 5.34. The number of hydrogen-bond donors (Lipinski definition) is 1. The third-order valence-corrected chi connectivity index (χ3v) is 3.18. The van der Waals surface area contributed by atoms with Crippen LogP contribution in [-0.2, 0) is 4.74 Å². The Labute approximate surface area is 88.0 Å². The van der Waals surface area contributed by atoms with Gasteiger partial charge in [0.2, 0.25) is 0 Å². The molecular weight excluding hydrogens is 207 g/mol. The summed E-state index contributed by atoms with van der Waals surface area (Å²) in [6, 6.07) is 0. The Morgan fingerprint density at radius 1 is 1.33 bits per heavy atom. The van der Waals surface area contributed by atoms with Crippen molar-refractivity contribution in [1.82, 2.24) is 0 Å². The van der Waals surface area contributed by atoms with Crippen LogP contribution in [0.4, 0.5) is 13.2 Å². The van der Waals surface area contributed by atoms with Crippen LogP contribution < -0.4 is 5.73 Å². The maximum atomic E-state index is 12.4. The van der Waals surface area contributed by atoms with Gasteiger partial charge in [0.15, 0.2) is 0 Å². The highest BCUT2D eigenvalue weighted by Crippen LogP contribution is 2.42. The van der Waals surface area contributed by atoms with Crippen LogP contribution in [0.1, 0.15) is 32.6 Å². The molecule has 1 rings (SSSR count). The second-order valence-corrected chi connectivity index (χ2v) is 4.14. The summed E-state index contributed by atoms with van der Waals surface area (Å²) in [5.74, 6) is -1.17. The molecule has 2 nitrogen and oxygen atoms in total. The van der Waals surface area contributed by atoms with Gasteiger partial charge in [-0.25, -0.2) is 0 Å². The molecule has 0 aromatic rings. The molecule has 0 aromatic carbocycles. The molecule has 0 saturated heterocycles. The number of alkyl halides is 3. The molecule has 0 aliphatic heterocycles. The monoisotopic (exact) mass is 225 g/mol. The Bertz CT molecular complexity index is 197. The van der Waals surface area contributed by atoms with E-state index in [1.807, 2.05) is 6.92 Å². The molecule has 0 atom stereocenters. The van der Waals surface area contributed by atoms with Crippen molar-refractivity contribution in [2.45, 2.75) is 44.4 Å². The molecule has 0 bridgehead atoms. The summed E-state index contributed by atoms with van der Waals surface area (Å²) in [4.78, 5) is 0. The van der Waals surface area contributed by atoms with Crippen molar-refractivity contribution in [3.8, 4) is 0 Å². The lowest BCUT2D eigenvalue weighted by atomic mass is 9.78. The van der Waals surface area contributed by atoms with Crippen LogP contribution in [0.5, 0.6) is 0 Å². The molecule has 5 heteroatoms. The van der Waals surface area contributed by atoms with Crippen molar-refractivity contribution in [2.24, 2.45) is 11.7 Å². The van der Waals surface area contributed by atoms with Crippen LogP contribution in [-0.4, -0.2) is 24.9 Å². The Balaban J connectivity index is 2.53. The van der Waals surface area contributed by atoms with E-state index in [1.165, 1.54) is 0 Å². The fourth-order valence-corrected chi connectivity index (χ4v) is 2.18. The minimum atomic E-state index is -4.06. The van der Waals surface area contributed by atoms with Crippen molar-refractivity contribution in [1.29, 1.82) is 0 Å². The Morgan fingerprint density at radius 2 is 1.87 bits per heavy atom. The molecule has 1 aliphatic carbocycles. The SMILES string of the molecule is CCOC1(CN)CCC(C(F)(F)F)CC1. The second kappa shape index (κ2) is 4.70. The number of nitrogens with two attached hydrogens (primary N) is 1. The van der Waals surface area contributed by atoms with Gasteiger partial charge in [-0.1, -0.05) is 0 Å². The fourth-order valence-electron chi connectivity index (χ4n) is 2.18. The summed E-state index contributed by atoms with van der Waals surface area (Å²) in [7, 11) is 0. The van der Waals surface area contributed by atoms with Crippen molar-refractivity contribution < 1.29 is 17.9 Å². The summed E-state index contributed by atoms with van der Waals surface area (Å²) >= 11 is 0. The highest BCUT2D eigenvalue weighted by Gasteiger charge is 2.45. The standard InChI is InChI=1S/C10H18F3NO/c1-2-15-9(7-14)5-3-8(4-6-9)10(11,12)13/h8H,2-7,14H2,1H3. The second-order valence-electron chi connectivity index (χ2n) is 4.14. The first-order chi connectivity index (χ1) is 6.93. The van der Waals surface area contributed by atoms with Crippen LogP contribution in [0, 0.1) is 5.92 Å². The average Bonchev–Trinajstić information content (AvgIpc) is 2.17. The molecule has 0 radical (unpaired) electrons. The quantitative estimate of drug-likeness (QED) is 0.800. The molecule has 1 saturated carbocycles. The number of rotatable bonds is 3. The molecule has 90 valence electrons. The zero-order valence-corrected chi connectivity index (χ0v) is 8.94. The van der Waals surface area contributed by atoms with Crippen molar-refractivity contribution in [2.75, 3.05) is 13.2 Å². The molecule has 0 amide bonds. The van der Waals surface area contributed by atoms with Crippen LogP contribution in [0.3, 0.4) is 0 Å². The molecule has 0 aromatic heterocycles. The van der Waals surface area contributed by atoms with Crippen LogP contribution in [0.2, 0.25) is 0 Å². The average molecular weight is 225 g/mol. The van der Waals surface area contributed by atoms with Crippen LogP contribution >= 0.6 is 0 Å². The van der Waals surface area contributed by atoms with E-state index in [1.54, 1.807) is 0 Å². The van der Waals surface area contributed by atoms with Gasteiger partial charge in [-0.2, -0.15) is 13.2 Å². The maximum absolute atomic E-state index is 12.4. The van der Waals surface area contributed by atoms with Crippen LogP contribution in [0.15, 0.2) is 0 Å². The van der Waals surface area contributed by atoms with Gasteiger partial charge in [0.25, 0.3) is 0 Å². The maximum Gasteiger partial charge on any atom is 0.391 e. The minimum Gasteiger partial charge on any atom is -0.374 e. The number of hydrogen-bond acceptors (Lipinski definition) is 2.